The van der Waals surface area contributed by atoms with Crippen LogP contribution < -0.4 is 4.90 Å². The van der Waals surface area contributed by atoms with Crippen LogP contribution in [0.2, 0.25) is 0 Å². The Kier molecular flexibility index (Phi) is 6.50. The topological polar surface area (TPSA) is 75.4 Å². The first kappa shape index (κ1) is 21.3. The molecule has 1 fully saturated rings. The Labute approximate surface area is 184 Å². The summed E-state index contributed by atoms with van der Waals surface area (Å²) in [5.41, 5.74) is 0.811. The van der Waals surface area contributed by atoms with Crippen LogP contribution in [0.15, 0.2) is 52.0 Å². The number of anilines is 1. The number of benzene rings is 1. The third kappa shape index (κ3) is 5.22. The van der Waals surface area contributed by atoms with Gasteiger partial charge in [0.2, 0.25) is 17.6 Å². The number of pyridine rings is 1. The molecule has 0 N–H and O–H groups in total. The molecule has 31 heavy (non-hydrogen) atoms. The van der Waals surface area contributed by atoms with Crippen LogP contribution in [0, 0.1) is 5.82 Å². The fraction of sp³-hybridized carbons (Fsp3) is 0.364. The van der Waals surface area contributed by atoms with Gasteiger partial charge in [-0.15, -0.1) is 11.8 Å². The molecular weight excluding hydrogens is 417 g/mol. The summed E-state index contributed by atoms with van der Waals surface area (Å²) in [4.78, 5) is 26.4. The number of aromatic nitrogens is 3. The maximum atomic E-state index is 13.0. The van der Waals surface area contributed by atoms with E-state index in [1.165, 1.54) is 23.9 Å². The first-order valence-corrected chi connectivity index (χ1v) is 11.2. The third-order valence-corrected chi connectivity index (χ3v) is 6.07. The van der Waals surface area contributed by atoms with E-state index >= 15 is 0 Å². The molecule has 162 valence electrons. The number of rotatable bonds is 6. The van der Waals surface area contributed by atoms with E-state index in [0.29, 0.717) is 30.6 Å². The van der Waals surface area contributed by atoms with Gasteiger partial charge in [-0.3, -0.25) is 4.79 Å². The Morgan fingerprint density at radius 2 is 1.87 bits per heavy atom. The minimum Gasteiger partial charge on any atom is -0.353 e. The fourth-order valence-electron chi connectivity index (χ4n) is 3.24. The van der Waals surface area contributed by atoms with E-state index in [1.54, 1.807) is 18.3 Å². The lowest BCUT2D eigenvalue weighted by atomic mass is 10.2. The second-order valence-corrected chi connectivity index (χ2v) is 8.68. The predicted octanol–water partition coefficient (Wildman–Crippen LogP) is 3.84. The summed E-state index contributed by atoms with van der Waals surface area (Å²) in [6.45, 7) is 6.75. The molecule has 1 amide bonds. The number of thioether (sulfide) groups is 1. The van der Waals surface area contributed by atoms with Crippen LogP contribution in [0.1, 0.15) is 25.7 Å². The van der Waals surface area contributed by atoms with Crippen LogP contribution >= 0.6 is 11.8 Å². The molecule has 1 aliphatic rings. The van der Waals surface area contributed by atoms with Crippen LogP contribution in [0.5, 0.6) is 0 Å². The molecule has 0 aliphatic carbocycles. The lowest BCUT2D eigenvalue weighted by Crippen LogP contribution is -2.49. The first-order valence-electron chi connectivity index (χ1n) is 10.2. The maximum absolute atomic E-state index is 13.0. The van der Waals surface area contributed by atoms with E-state index in [0.717, 1.165) is 29.4 Å². The van der Waals surface area contributed by atoms with Crippen molar-refractivity contribution in [3.05, 3.63) is 54.3 Å². The molecule has 4 rings (SSSR count). The number of piperazine rings is 1. The summed E-state index contributed by atoms with van der Waals surface area (Å²) in [5, 5.41) is 4.02. The van der Waals surface area contributed by atoms with Gasteiger partial charge in [0, 0.05) is 48.8 Å². The molecule has 0 atom stereocenters. The highest BCUT2D eigenvalue weighted by Gasteiger charge is 2.22. The van der Waals surface area contributed by atoms with Crippen molar-refractivity contribution in [1.29, 1.82) is 0 Å². The number of carbonyl (C=O) groups is 1. The van der Waals surface area contributed by atoms with Crippen LogP contribution in [-0.2, 0) is 4.79 Å². The van der Waals surface area contributed by atoms with E-state index in [9.17, 15) is 9.18 Å². The molecule has 2 aromatic heterocycles. The van der Waals surface area contributed by atoms with Gasteiger partial charge in [-0.05, 0) is 36.4 Å². The summed E-state index contributed by atoms with van der Waals surface area (Å²) in [7, 11) is 0. The average Bonchev–Trinajstić information content (AvgIpc) is 3.30. The largest absolute Gasteiger partial charge is 0.353 e. The summed E-state index contributed by atoms with van der Waals surface area (Å²) >= 11 is 1.43. The molecule has 1 saturated heterocycles. The maximum Gasteiger partial charge on any atom is 0.233 e. The highest BCUT2D eigenvalue weighted by Crippen LogP contribution is 2.22. The van der Waals surface area contributed by atoms with Crippen LogP contribution in [0.4, 0.5) is 10.2 Å². The molecule has 9 heteroatoms. The highest BCUT2D eigenvalue weighted by molar-refractivity contribution is 8.00. The first-order chi connectivity index (χ1) is 15.0. The van der Waals surface area contributed by atoms with Crippen molar-refractivity contribution in [2.75, 3.05) is 36.8 Å². The number of hydrogen-bond acceptors (Lipinski definition) is 7. The van der Waals surface area contributed by atoms with Crippen molar-refractivity contribution in [3.63, 3.8) is 0 Å². The third-order valence-electron chi connectivity index (χ3n) is 5.07. The predicted molar refractivity (Wildman–Crippen MR) is 118 cm³/mol. The van der Waals surface area contributed by atoms with Gasteiger partial charge in [0.15, 0.2) is 0 Å². The Hall–Kier alpha value is -2.94. The monoisotopic (exact) mass is 441 g/mol. The van der Waals surface area contributed by atoms with E-state index in [-0.39, 0.29) is 17.6 Å². The van der Waals surface area contributed by atoms with Crippen molar-refractivity contribution < 1.29 is 13.7 Å². The minimum atomic E-state index is -0.272. The normalized spacial score (nSPS) is 14.3. The fourth-order valence-corrected chi connectivity index (χ4v) is 4.05. The lowest BCUT2D eigenvalue weighted by molar-refractivity contribution is -0.128. The molecule has 3 heterocycles. The molecule has 0 spiro atoms. The molecule has 0 unspecified atom stereocenters. The van der Waals surface area contributed by atoms with Gasteiger partial charge in [0.25, 0.3) is 0 Å². The van der Waals surface area contributed by atoms with Crippen molar-refractivity contribution in [2.45, 2.75) is 24.7 Å². The lowest BCUT2D eigenvalue weighted by Gasteiger charge is -2.35. The van der Waals surface area contributed by atoms with Gasteiger partial charge in [-0.2, -0.15) is 4.98 Å². The number of halogens is 1. The van der Waals surface area contributed by atoms with Crippen molar-refractivity contribution in [2.24, 2.45) is 0 Å². The zero-order chi connectivity index (χ0) is 21.8. The standard InChI is InChI=1S/C22H24FN5O2S/c1-15(2)22-25-21(26-30-22)16-3-8-19(24-13-16)27-9-11-28(12-10-27)20(29)14-31-18-6-4-17(23)5-7-18/h3-8,13,15H,9-12,14H2,1-2H3. The SMILES string of the molecule is CC(C)c1nc(-c2ccc(N3CCN(C(=O)CSc4ccc(F)cc4)CC3)nc2)no1. The number of amides is 1. The Morgan fingerprint density at radius 1 is 1.13 bits per heavy atom. The van der Waals surface area contributed by atoms with Crippen molar-refractivity contribution in [3.8, 4) is 11.4 Å². The number of hydrogen-bond donors (Lipinski definition) is 0. The number of carbonyl (C=O) groups excluding carboxylic acids is 1. The second kappa shape index (κ2) is 9.47. The average molecular weight is 442 g/mol. The van der Waals surface area contributed by atoms with E-state index in [2.05, 4.69) is 20.0 Å². The van der Waals surface area contributed by atoms with Gasteiger partial charge in [-0.1, -0.05) is 19.0 Å². The van der Waals surface area contributed by atoms with E-state index in [1.807, 2.05) is 30.9 Å². The second-order valence-electron chi connectivity index (χ2n) is 7.63. The molecule has 7 nitrogen and oxygen atoms in total. The molecule has 1 aliphatic heterocycles. The van der Waals surface area contributed by atoms with Gasteiger partial charge < -0.3 is 14.3 Å². The molecule has 0 bridgehead atoms. The van der Waals surface area contributed by atoms with Gasteiger partial charge in [-0.25, -0.2) is 9.37 Å². The van der Waals surface area contributed by atoms with Gasteiger partial charge >= 0.3 is 0 Å². The summed E-state index contributed by atoms with van der Waals surface area (Å²) in [5.74, 6) is 2.36. The quantitative estimate of drug-likeness (QED) is 0.538. The van der Waals surface area contributed by atoms with Crippen molar-refractivity contribution in [1.82, 2.24) is 20.0 Å². The molecule has 3 aromatic rings. The Bertz CT molecular complexity index is 1020. The number of nitrogens with zero attached hydrogens (tertiary/aromatic N) is 5. The van der Waals surface area contributed by atoms with E-state index < -0.39 is 0 Å². The van der Waals surface area contributed by atoms with E-state index in [4.69, 9.17) is 4.52 Å². The van der Waals surface area contributed by atoms with Crippen LogP contribution in [-0.4, -0.2) is 57.9 Å². The summed E-state index contributed by atoms with van der Waals surface area (Å²) in [6, 6.07) is 10.1. The van der Waals surface area contributed by atoms with Gasteiger partial charge in [0.1, 0.15) is 11.6 Å². The highest BCUT2D eigenvalue weighted by atomic mass is 32.2. The minimum absolute atomic E-state index is 0.0929. The Morgan fingerprint density at radius 3 is 2.48 bits per heavy atom. The zero-order valence-corrected chi connectivity index (χ0v) is 18.3. The van der Waals surface area contributed by atoms with Crippen molar-refractivity contribution >= 4 is 23.5 Å². The molecular formula is C22H24FN5O2S. The van der Waals surface area contributed by atoms with Gasteiger partial charge in [0.05, 0.1) is 5.75 Å². The molecule has 1 aromatic carbocycles. The van der Waals surface area contributed by atoms with Crippen LogP contribution in [0.3, 0.4) is 0 Å². The molecule has 0 saturated carbocycles. The Balaban J connectivity index is 1.28. The summed E-state index contributed by atoms with van der Waals surface area (Å²) in [6.07, 6.45) is 1.75. The smallest absolute Gasteiger partial charge is 0.233 e. The summed E-state index contributed by atoms with van der Waals surface area (Å²) < 4.78 is 18.2. The van der Waals surface area contributed by atoms with Crippen LogP contribution in [0.25, 0.3) is 11.4 Å². The molecule has 0 radical (unpaired) electrons. The zero-order valence-electron chi connectivity index (χ0n) is 17.5.